The monoisotopic (exact) mass is 305 g/mol. The van der Waals surface area contributed by atoms with Gasteiger partial charge in [0.05, 0.1) is 0 Å². The van der Waals surface area contributed by atoms with Crippen LogP contribution in [0.5, 0.6) is 0 Å². The van der Waals surface area contributed by atoms with E-state index in [9.17, 15) is 4.79 Å². The van der Waals surface area contributed by atoms with Crippen molar-refractivity contribution in [3.8, 4) is 0 Å². The first-order valence-electron chi connectivity index (χ1n) is 8.73. The van der Waals surface area contributed by atoms with Crippen LogP contribution in [-0.4, -0.2) is 5.91 Å². The molecular weight excluding hydrogens is 282 g/mol. The molecule has 2 aliphatic rings. The number of benzene rings is 2. The maximum absolute atomic E-state index is 12.6. The van der Waals surface area contributed by atoms with E-state index >= 15 is 0 Å². The molecule has 0 atom stereocenters. The normalized spacial score (nSPS) is 19.7. The average Bonchev–Trinajstić information content (AvgIpc) is 2.99. The van der Waals surface area contributed by atoms with E-state index in [1.54, 1.807) is 0 Å². The molecule has 0 bridgehead atoms. The van der Waals surface area contributed by atoms with Crippen molar-refractivity contribution in [1.29, 1.82) is 0 Å². The summed E-state index contributed by atoms with van der Waals surface area (Å²) in [7, 11) is 0. The summed E-state index contributed by atoms with van der Waals surface area (Å²) in [6.07, 6.45) is 10.8. The summed E-state index contributed by atoms with van der Waals surface area (Å²) in [4.78, 5) is 12.6. The molecular formula is C21H23NO. The summed E-state index contributed by atoms with van der Waals surface area (Å²) >= 11 is 0. The predicted molar refractivity (Wildman–Crippen MR) is 95.4 cm³/mol. The highest BCUT2D eigenvalue weighted by Crippen LogP contribution is 2.48. The number of hydrogen-bond acceptors (Lipinski definition) is 1. The minimum Gasteiger partial charge on any atom is -0.322 e. The maximum atomic E-state index is 12.6. The van der Waals surface area contributed by atoms with Gasteiger partial charge in [-0.1, -0.05) is 55.7 Å². The zero-order chi connectivity index (χ0) is 15.7. The highest BCUT2D eigenvalue weighted by Gasteiger charge is 2.37. The van der Waals surface area contributed by atoms with Crippen molar-refractivity contribution in [3.63, 3.8) is 0 Å². The first-order valence-corrected chi connectivity index (χ1v) is 8.73. The van der Waals surface area contributed by atoms with Gasteiger partial charge in [0.2, 0.25) is 0 Å². The molecule has 2 nitrogen and oxygen atoms in total. The third-order valence-electron chi connectivity index (χ3n) is 5.56. The van der Waals surface area contributed by atoms with Crippen molar-refractivity contribution in [3.05, 3.63) is 54.1 Å². The predicted octanol–water partition coefficient (Wildman–Crippen LogP) is 5.45. The van der Waals surface area contributed by atoms with Crippen molar-refractivity contribution < 1.29 is 4.79 Å². The number of hydrogen-bond donors (Lipinski definition) is 1. The van der Waals surface area contributed by atoms with Gasteiger partial charge in [0.1, 0.15) is 0 Å². The van der Waals surface area contributed by atoms with E-state index in [0.29, 0.717) is 5.41 Å². The van der Waals surface area contributed by atoms with Crippen LogP contribution in [0.15, 0.2) is 54.1 Å². The van der Waals surface area contributed by atoms with E-state index in [1.807, 2.05) is 18.2 Å². The molecule has 2 aliphatic carbocycles. The van der Waals surface area contributed by atoms with Gasteiger partial charge in [-0.25, -0.2) is 0 Å². The number of carbonyl (C=O) groups excluding carboxylic acids is 1. The molecule has 0 radical (unpaired) electrons. The minimum atomic E-state index is 0.0859. The zero-order valence-electron chi connectivity index (χ0n) is 13.5. The number of carbonyl (C=O) groups is 1. The molecule has 23 heavy (non-hydrogen) atoms. The largest absolute Gasteiger partial charge is 0.322 e. The van der Waals surface area contributed by atoms with E-state index in [4.69, 9.17) is 0 Å². The maximum Gasteiger partial charge on any atom is 0.251 e. The molecule has 2 aromatic rings. The van der Waals surface area contributed by atoms with E-state index in [1.165, 1.54) is 37.5 Å². The Morgan fingerprint density at radius 3 is 2.57 bits per heavy atom. The molecule has 1 spiro atoms. The SMILES string of the molecule is O=C(Nc1ccc2ccccc2c1)C1=CCC2(CCCCC2)C1. The lowest BCUT2D eigenvalue weighted by atomic mass is 9.72. The quantitative estimate of drug-likeness (QED) is 0.785. The summed E-state index contributed by atoms with van der Waals surface area (Å²) < 4.78 is 0. The van der Waals surface area contributed by atoms with Crippen LogP contribution in [-0.2, 0) is 4.79 Å². The van der Waals surface area contributed by atoms with Gasteiger partial charge in [-0.05, 0) is 54.0 Å². The minimum absolute atomic E-state index is 0.0859. The number of fused-ring (bicyclic) bond motifs is 1. The van der Waals surface area contributed by atoms with Gasteiger partial charge in [-0.3, -0.25) is 4.79 Å². The van der Waals surface area contributed by atoms with Gasteiger partial charge in [-0.15, -0.1) is 0 Å². The highest BCUT2D eigenvalue weighted by molar-refractivity contribution is 6.05. The van der Waals surface area contributed by atoms with Crippen LogP contribution in [0, 0.1) is 5.41 Å². The molecule has 2 heteroatoms. The van der Waals surface area contributed by atoms with Gasteiger partial charge in [-0.2, -0.15) is 0 Å². The Balaban J connectivity index is 1.47. The zero-order valence-corrected chi connectivity index (χ0v) is 13.5. The van der Waals surface area contributed by atoms with Crippen molar-refractivity contribution >= 4 is 22.4 Å². The number of rotatable bonds is 2. The Morgan fingerprint density at radius 1 is 0.957 bits per heavy atom. The van der Waals surface area contributed by atoms with Crippen molar-refractivity contribution in [2.24, 2.45) is 5.41 Å². The standard InChI is InChI=1S/C21H23NO/c23-20(18-10-13-21(15-18)11-4-1-5-12-21)22-19-9-8-16-6-2-3-7-17(16)14-19/h2-3,6-10,14H,1,4-5,11-13,15H2,(H,22,23). The summed E-state index contributed by atoms with van der Waals surface area (Å²) in [6, 6.07) is 14.3. The Labute approximate surface area is 137 Å². The van der Waals surface area contributed by atoms with Crippen LogP contribution in [0.25, 0.3) is 10.8 Å². The molecule has 4 rings (SSSR count). The average molecular weight is 305 g/mol. The van der Waals surface area contributed by atoms with Crippen LogP contribution in [0.4, 0.5) is 5.69 Å². The molecule has 1 saturated carbocycles. The fourth-order valence-corrected chi connectivity index (χ4v) is 4.22. The molecule has 1 amide bonds. The fourth-order valence-electron chi connectivity index (χ4n) is 4.22. The third-order valence-corrected chi connectivity index (χ3v) is 5.56. The van der Waals surface area contributed by atoms with E-state index < -0.39 is 0 Å². The van der Waals surface area contributed by atoms with Crippen LogP contribution >= 0.6 is 0 Å². The van der Waals surface area contributed by atoms with Crippen molar-refractivity contribution in [1.82, 2.24) is 0 Å². The molecule has 1 fully saturated rings. The first-order chi connectivity index (χ1) is 11.2. The number of anilines is 1. The number of allylic oxidation sites excluding steroid dienone is 1. The Hall–Kier alpha value is -2.09. The van der Waals surface area contributed by atoms with Crippen LogP contribution < -0.4 is 5.32 Å². The van der Waals surface area contributed by atoms with Crippen LogP contribution in [0.2, 0.25) is 0 Å². The molecule has 1 N–H and O–H groups in total. The molecule has 0 saturated heterocycles. The van der Waals surface area contributed by atoms with E-state index in [-0.39, 0.29) is 5.91 Å². The lowest BCUT2D eigenvalue weighted by molar-refractivity contribution is -0.113. The Kier molecular flexibility index (Phi) is 3.68. The summed E-state index contributed by atoms with van der Waals surface area (Å²) in [5, 5.41) is 5.45. The second-order valence-corrected chi connectivity index (χ2v) is 7.19. The van der Waals surface area contributed by atoms with Crippen LogP contribution in [0.3, 0.4) is 0 Å². The molecule has 0 unspecified atom stereocenters. The molecule has 118 valence electrons. The topological polar surface area (TPSA) is 29.1 Å². The van der Waals surface area contributed by atoms with E-state index in [2.05, 4.69) is 35.7 Å². The Bertz CT molecular complexity index is 768. The van der Waals surface area contributed by atoms with Gasteiger partial charge in [0.15, 0.2) is 0 Å². The molecule has 2 aromatic carbocycles. The fraction of sp³-hybridized carbons (Fsp3) is 0.381. The lowest BCUT2D eigenvalue weighted by Gasteiger charge is -2.33. The molecule has 0 aromatic heterocycles. The second-order valence-electron chi connectivity index (χ2n) is 7.19. The third kappa shape index (κ3) is 2.90. The van der Waals surface area contributed by atoms with E-state index in [0.717, 1.165) is 29.5 Å². The molecule has 0 aliphatic heterocycles. The molecule has 0 heterocycles. The summed E-state index contributed by atoms with van der Waals surface area (Å²) in [5.74, 6) is 0.0859. The van der Waals surface area contributed by atoms with Gasteiger partial charge in [0.25, 0.3) is 5.91 Å². The van der Waals surface area contributed by atoms with Gasteiger partial charge in [0, 0.05) is 11.3 Å². The lowest BCUT2D eigenvalue weighted by Crippen LogP contribution is -2.23. The van der Waals surface area contributed by atoms with Crippen molar-refractivity contribution in [2.75, 3.05) is 5.32 Å². The first kappa shape index (κ1) is 14.5. The van der Waals surface area contributed by atoms with Gasteiger partial charge < -0.3 is 5.32 Å². The van der Waals surface area contributed by atoms with Crippen LogP contribution in [0.1, 0.15) is 44.9 Å². The number of nitrogens with one attached hydrogen (secondary N) is 1. The highest BCUT2D eigenvalue weighted by atomic mass is 16.1. The number of amides is 1. The Morgan fingerprint density at radius 2 is 1.74 bits per heavy atom. The summed E-state index contributed by atoms with van der Waals surface area (Å²) in [5.41, 5.74) is 2.27. The summed E-state index contributed by atoms with van der Waals surface area (Å²) in [6.45, 7) is 0. The van der Waals surface area contributed by atoms with Gasteiger partial charge >= 0.3 is 0 Å². The smallest absolute Gasteiger partial charge is 0.251 e. The van der Waals surface area contributed by atoms with Crippen molar-refractivity contribution in [2.45, 2.75) is 44.9 Å². The second kappa shape index (κ2) is 5.84.